The Morgan fingerprint density at radius 1 is 0.972 bits per heavy atom. The molecular weight excluding hydrogens is 480 g/mol. The molecule has 0 aliphatic carbocycles. The number of ether oxygens (including phenoxy) is 1. The van der Waals surface area contributed by atoms with Crippen LogP contribution in [-0.2, 0) is 30.1 Å². The number of carbonyl (C=O) groups is 2. The van der Waals surface area contributed by atoms with E-state index in [1.165, 1.54) is 0 Å². The van der Waals surface area contributed by atoms with Gasteiger partial charge in [-0.15, -0.1) is 0 Å². The Morgan fingerprint density at radius 2 is 1.53 bits per heavy atom. The molecule has 2 atom stereocenters. The number of hydrogen-bond donors (Lipinski definition) is 3. The molecule has 8 nitrogen and oxygen atoms in total. The van der Waals surface area contributed by atoms with Crippen molar-refractivity contribution in [2.24, 2.45) is 17.6 Å². The van der Waals surface area contributed by atoms with Crippen molar-refractivity contribution in [3.8, 4) is 0 Å². The topological polar surface area (TPSA) is 136 Å². The molecule has 202 valence electrons. The van der Waals surface area contributed by atoms with E-state index in [1.54, 1.807) is 26.8 Å². The Morgan fingerprint density at radius 3 is 2.00 bits per heavy atom. The molecule has 0 heterocycles. The monoisotopic (exact) mass is 522 g/mol. The zero-order chi connectivity index (χ0) is 27.7. The highest BCUT2D eigenvalue weighted by Crippen LogP contribution is 2.18. The summed E-state index contributed by atoms with van der Waals surface area (Å²) in [5.41, 5.74) is 5.22. The number of fused-ring (bicyclic) bond motifs is 1. The summed E-state index contributed by atoms with van der Waals surface area (Å²) >= 11 is 0. The van der Waals surface area contributed by atoms with E-state index in [0.717, 1.165) is 10.8 Å². The first-order chi connectivity index (χ1) is 16.5. The van der Waals surface area contributed by atoms with Gasteiger partial charge in [0.2, 0.25) is 10.0 Å². The minimum Gasteiger partial charge on any atom is -0.480 e. The number of nitrogens with one attached hydrogen (secondary N) is 1. The van der Waals surface area contributed by atoms with E-state index in [0.29, 0.717) is 24.3 Å². The van der Waals surface area contributed by atoms with Crippen LogP contribution >= 0.6 is 0 Å². The number of carboxylic acids is 1. The van der Waals surface area contributed by atoms with Gasteiger partial charge >= 0.3 is 11.9 Å². The second kappa shape index (κ2) is 13.7. The molecule has 9 heteroatoms. The Labute approximate surface area is 215 Å². The Balaban J connectivity index is 0.000000613. The van der Waals surface area contributed by atoms with E-state index >= 15 is 0 Å². The van der Waals surface area contributed by atoms with Crippen LogP contribution in [0.3, 0.4) is 0 Å². The molecule has 2 aromatic carbocycles. The van der Waals surface area contributed by atoms with Crippen molar-refractivity contribution in [3.05, 3.63) is 48.0 Å². The van der Waals surface area contributed by atoms with Crippen LogP contribution in [0.2, 0.25) is 0 Å². The molecule has 0 saturated carbocycles. The molecule has 0 saturated heterocycles. The van der Waals surface area contributed by atoms with Crippen molar-refractivity contribution in [2.75, 3.05) is 0 Å². The zero-order valence-corrected chi connectivity index (χ0v) is 23.3. The predicted octanol–water partition coefficient (Wildman–Crippen LogP) is 4.46. The number of hydrogen-bond acceptors (Lipinski definition) is 6. The summed E-state index contributed by atoms with van der Waals surface area (Å²) in [5, 5.41) is 10.3. The van der Waals surface area contributed by atoms with Gasteiger partial charge in [0.15, 0.2) is 0 Å². The SMILES string of the molecule is CC(C)C[C@@H](N)C(=O)O.CC(C)C[C@@H](NS(=O)(=O)Cc1ccc2ccccc2c1)C(=O)OC(C)(C)C. The molecule has 2 aromatic rings. The van der Waals surface area contributed by atoms with Crippen LogP contribution in [0.1, 0.15) is 66.9 Å². The molecule has 0 aromatic heterocycles. The molecule has 0 amide bonds. The third-order valence-corrected chi connectivity index (χ3v) is 6.29. The standard InChI is InChI=1S/C21H29NO4S.C6H13NO2/c1-15(2)12-19(20(23)26-21(3,4)5)22-27(24,25)14-16-10-11-17-8-6-7-9-18(17)13-16;1-4(2)3-5(7)6(8)9/h6-11,13,15,19,22H,12,14H2,1-5H3;4-5H,3,7H2,1-2H3,(H,8,9)/t19-;5-/m11/s1. The highest BCUT2D eigenvalue weighted by Gasteiger charge is 2.29. The van der Waals surface area contributed by atoms with Crippen molar-refractivity contribution in [1.82, 2.24) is 4.72 Å². The molecule has 0 bridgehead atoms. The Kier molecular flexibility index (Phi) is 12.0. The minimum absolute atomic E-state index is 0.144. The lowest BCUT2D eigenvalue weighted by atomic mass is 10.0. The van der Waals surface area contributed by atoms with E-state index in [1.807, 2.05) is 64.1 Å². The largest absolute Gasteiger partial charge is 0.480 e. The average Bonchev–Trinajstić information content (AvgIpc) is 2.71. The highest BCUT2D eigenvalue weighted by molar-refractivity contribution is 7.88. The molecule has 0 spiro atoms. The van der Waals surface area contributed by atoms with Crippen LogP contribution in [0.4, 0.5) is 0 Å². The quantitative estimate of drug-likeness (QED) is 0.392. The van der Waals surface area contributed by atoms with Gasteiger partial charge in [-0.25, -0.2) is 13.1 Å². The van der Waals surface area contributed by atoms with Crippen LogP contribution < -0.4 is 10.5 Å². The highest BCUT2D eigenvalue weighted by atomic mass is 32.2. The number of carbonyl (C=O) groups excluding carboxylic acids is 1. The fraction of sp³-hybridized carbons (Fsp3) is 0.556. The van der Waals surface area contributed by atoms with E-state index < -0.39 is 39.6 Å². The van der Waals surface area contributed by atoms with Gasteiger partial charge in [-0.3, -0.25) is 9.59 Å². The number of aliphatic carboxylic acids is 1. The van der Waals surface area contributed by atoms with Gasteiger partial charge in [0, 0.05) is 0 Å². The number of carboxylic acid groups (broad SMARTS) is 1. The summed E-state index contributed by atoms with van der Waals surface area (Å²) < 4.78 is 33.3. The molecular formula is C27H42N2O6S. The molecule has 36 heavy (non-hydrogen) atoms. The van der Waals surface area contributed by atoms with Gasteiger partial charge in [0.05, 0.1) is 5.75 Å². The lowest BCUT2D eigenvalue weighted by Gasteiger charge is -2.25. The molecule has 0 fully saturated rings. The van der Waals surface area contributed by atoms with Gasteiger partial charge in [-0.2, -0.15) is 0 Å². The number of esters is 1. The molecule has 4 N–H and O–H groups in total. The van der Waals surface area contributed by atoms with E-state index in [-0.39, 0.29) is 11.7 Å². The number of nitrogens with two attached hydrogens (primary N) is 1. The third-order valence-electron chi connectivity index (χ3n) is 4.93. The van der Waals surface area contributed by atoms with Crippen LogP contribution in [0.5, 0.6) is 0 Å². The summed E-state index contributed by atoms with van der Waals surface area (Å²) in [6.07, 6.45) is 0.932. The van der Waals surface area contributed by atoms with Crippen molar-refractivity contribution in [2.45, 2.75) is 84.7 Å². The Bertz CT molecular complexity index is 1110. The summed E-state index contributed by atoms with van der Waals surface area (Å²) in [5.74, 6) is -1.14. The second-order valence-corrected chi connectivity index (χ2v) is 12.6. The lowest BCUT2D eigenvalue weighted by molar-refractivity contribution is -0.157. The predicted molar refractivity (Wildman–Crippen MR) is 144 cm³/mol. The van der Waals surface area contributed by atoms with Crippen LogP contribution in [-0.4, -0.2) is 43.1 Å². The molecule has 0 radical (unpaired) electrons. The van der Waals surface area contributed by atoms with Crippen molar-refractivity contribution >= 4 is 32.7 Å². The second-order valence-electron chi connectivity index (χ2n) is 10.8. The van der Waals surface area contributed by atoms with Crippen LogP contribution in [0.15, 0.2) is 42.5 Å². The number of benzene rings is 2. The van der Waals surface area contributed by atoms with Gasteiger partial charge in [-0.1, -0.05) is 70.2 Å². The molecule has 2 rings (SSSR count). The van der Waals surface area contributed by atoms with Gasteiger partial charge in [0.1, 0.15) is 17.7 Å². The summed E-state index contributed by atoms with van der Waals surface area (Å²) in [6.45, 7) is 13.1. The maximum atomic E-state index is 12.7. The van der Waals surface area contributed by atoms with E-state index in [2.05, 4.69) is 4.72 Å². The van der Waals surface area contributed by atoms with E-state index in [4.69, 9.17) is 15.6 Å². The number of rotatable bonds is 10. The van der Waals surface area contributed by atoms with E-state index in [9.17, 15) is 18.0 Å². The molecule has 0 aliphatic rings. The van der Waals surface area contributed by atoms with Gasteiger partial charge in [-0.05, 0) is 61.8 Å². The first-order valence-electron chi connectivity index (χ1n) is 12.2. The summed E-state index contributed by atoms with van der Waals surface area (Å²) in [4.78, 5) is 22.6. The minimum atomic E-state index is -3.70. The third kappa shape index (κ3) is 12.5. The maximum absolute atomic E-state index is 12.7. The van der Waals surface area contributed by atoms with Crippen molar-refractivity contribution in [3.63, 3.8) is 0 Å². The van der Waals surface area contributed by atoms with Crippen LogP contribution in [0, 0.1) is 11.8 Å². The van der Waals surface area contributed by atoms with Gasteiger partial charge in [0.25, 0.3) is 0 Å². The fourth-order valence-electron chi connectivity index (χ4n) is 3.45. The van der Waals surface area contributed by atoms with Crippen molar-refractivity contribution < 1.29 is 27.9 Å². The van der Waals surface area contributed by atoms with Crippen molar-refractivity contribution in [1.29, 1.82) is 0 Å². The smallest absolute Gasteiger partial charge is 0.324 e. The molecule has 0 aliphatic heterocycles. The molecule has 0 unspecified atom stereocenters. The van der Waals surface area contributed by atoms with Crippen LogP contribution in [0.25, 0.3) is 10.8 Å². The normalized spacial score (nSPS) is 13.7. The zero-order valence-electron chi connectivity index (χ0n) is 22.4. The fourth-order valence-corrected chi connectivity index (χ4v) is 4.78. The maximum Gasteiger partial charge on any atom is 0.324 e. The summed E-state index contributed by atoms with van der Waals surface area (Å²) in [6, 6.07) is 11.8. The lowest BCUT2D eigenvalue weighted by Crippen LogP contribution is -2.45. The first kappa shape index (κ1) is 31.5. The average molecular weight is 523 g/mol. The first-order valence-corrected chi connectivity index (χ1v) is 13.8. The van der Waals surface area contributed by atoms with Gasteiger partial charge < -0.3 is 15.6 Å². The number of sulfonamides is 1. The summed E-state index contributed by atoms with van der Waals surface area (Å²) in [7, 11) is -3.70. The Hall–Kier alpha value is -2.49.